The van der Waals surface area contributed by atoms with Gasteiger partial charge in [0.15, 0.2) is 5.96 Å². The average Bonchev–Trinajstić information content (AvgIpc) is 2.99. The van der Waals surface area contributed by atoms with Gasteiger partial charge in [0.1, 0.15) is 12.6 Å². The second kappa shape index (κ2) is 18.5. The molecule has 0 heterocycles. The summed E-state index contributed by atoms with van der Waals surface area (Å²) >= 11 is 0. The number of nitrogens with one attached hydrogen (secondary N) is 3. The molecule has 0 unspecified atom stereocenters. The molecule has 2 aromatic carbocycles. The van der Waals surface area contributed by atoms with Gasteiger partial charge in [-0.15, -0.1) is 0 Å². The van der Waals surface area contributed by atoms with Crippen LogP contribution in [0.1, 0.15) is 37.8 Å². The van der Waals surface area contributed by atoms with Crippen molar-refractivity contribution in [3.63, 3.8) is 0 Å². The van der Waals surface area contributed by atoms with Gasteiger partial charge in [-0.25, -0.2) is 4.79 Å². The van der Waals surface area contributed by atoms with Crippen molar-refractivity contribution in [2.24, 2.45) is 22.4 Å². The highest BCUT2D eigenvalue weighted by atomic mass is 16.5. The molecule has 7 N–H and O–H groups in total. The molecule has 12 heteroatoms. The van der Waals surface area contributed by atoms with Gasteiger partial charge in [0.2, 0.25) is 17.7 Å². The fourth-order valence-corrected chi connectivity index (χ4v) is 3.94. The summed E-state index contributed by atoms with van der Waals surface area (Å²) in [6.07, 6.45) is 3.00. The summed E-state index contributed by atoms with van der Waals surface area (Å²) in [6, 6.07) is 17.2. The molecule has 0 aliphatic carbocycles. The first-order valence-corrected chi connectivity index (χ1v) is 14.1. The van der Waals surface area contributed by atoms with Crippen molar-refractivity contribution in [2.45, 2.75) is 45.4 Å². The van der Waals surface area contributed by atoms with Crippen LogP contribution >= 0.6 is 0 Å². The molecular weight excluding hydrogens is 550 g/mol. The van der Waals surface area contributed by atoms with Crippen LogP contribution in [0.15, 0.2) is 71.7 Å². The van der Waals surface area contributed by atoms with Crippen LogP contribution in [0.3, 0.4) is 0 Å². The van der Waals surface area contributed by atoms with Crippen LogP contribution in [0.2, 0.25) is 0 Å². The number of aliphatic imine (C=N–C) groups is 1. The summed E-state index contributed by atoms with van der Waals surface area (Å²) in [7, 11) is 1.47. The Balaban J connectivity index is 1.93. The Morgan fingerprint density at radius 3 is 2.26 bits per heavy atom. The molecule has 4 amide bonds. The Morgan fingerprint density at radius 2 is 1.63 bits per heavy atom. The van der Waals surface area contributed by atoms with Gasteiger partial charge < -0.3 is 37.1 Å². The number of guanidine groups is 1. The summed E-state index contributed by atoms with van der Waals surface area (Å²) in [5.41, 5.74) is 12.4. The molecular formula is C31H43N7O5. The van der Waals surface area contributed by atoms with E-state index in [9.17, 15) is 19.2 Å². The second-order valence-corrected chi connectivity index (χ2v) is 10.3. The molecule has 2 aromatic rings. The smallest absolute Gasteiger partial charge is 0.408 e. The first-order chi connectivity index (χ1) is 20.5. The minimum atomic E-state index is -0.966. The SMILES string of the molecule is CC(C)[C@@H](CNC(=O)C=Cc1ccccc1)NC(=O)CN(C)C(=O)[C@H](CCCN=C(N)N)NC(=O)OCc1ccccc1. The minimum absolute atomic E-state index is 0.00713. The number of carbonyl (C=O) groups excluding carboxylic acids is 4. The van der Waals surface area contributed by atoms with E-state index in [0.717, 1.165) is 11.1 Å². The lowest BCUT2D eigenvalue weighted by molar-refractivity contribution is -0.136. The average molecular weight is 594 g/mol. The van der Waals surface area contributed by atoms with Gasteiger partial charge >= 0.3 is 6.09 Å². The van der Waals surface area contributed by atoms with E-state index in [2.05, 4.69) is 20.9 Å². The number of hydrogen-bond donors (Lipinski definition) is 5. The van der Waals surface area contributed by atoms with E-state index >= 15 is 0 Å². The van der Waals surface area contributed by atoms with Crippen LogP contribution in [-0.2, 0) is 25.7 Å². The number of hydrogen-bond acceptors (Lipinski definition) is 6. The first kappa shape index (κ1) is 34.3. The van der Waals surface area contributed by atoms with Gasteiger partial charge in [0, 0.05) is 32.3 Å². The first-order valence-electron chi connectivity index (χ1n) is 14.1. The number of ether oxygens (including phenoxy) is 1. The van der Waals surface area contributed by atoms with E-state index in [1.54, 1.807) is 6.08 Å². The highest BCUT2D eigenvalue weighted by Crippen LogP contribution is 2.07. The van der Waals surface area contributed by atoms with Crippen LogP contribution < -0.4 is 27.4 Å². The summed E-state index contributed by atoms with van der Waals surface area (Å²) < 4.78 is 5.27. The lowest BCUT2D eigenvalue weighted by Gasteiger charge is -2.26. The monoisotopic (exact) mass is 593 g/mol. The van der Waals surface area contributed by atoms with Gasteiger partial charge in [0.25, 0.3) is 0 Å². The lowest BCUT2D eigenvalue weighted by Crippen LogP contribution is -2.52. The number of amides is 4. The number of nitrogens with two attached hydrogens (primary N) is 2. The molecule has 2 atom stereocenters. The number of alkyl carbamates (subject to hydrolysis) is 1. The van der Waals surface area contributed by atoms with E-state index < -0.39 is 23.9 Å². The summed E-state index contributed by atoms with van der Waals surface area (Å²) in [5.74, 6) is -1.24. The molecule has 0 bridgehead atoms. The van der Waals surface area contributed by atoms with Crippen molar-refractivity contribution >= 4 is 35.9 Å². The van der Waals surface area contributed by atoms with E-state index in [1.165, 1.54) is 18.0 Å². The lowest BCUT2D eigenvalue weighted by atomic mass is 10.0. The molecule has 0 spiro atoms. The van der Waals surface area contributed by atoms with Gasteiger partial charge in [0.05, 0.1) is 6.54 Å². The molecule has 0 aliphatic heterocycles. The summed E-state index contributed by atoms with van der Waals surface area (Å²) in [4.78, 5) is 56.1. The zero-order chi connectivity index (χ0) is 31.6. The Labute approximate surface area is 252 Å². The Morgan fingerprint density at radius 1 is 0.977 bits per heavy atom. The maximum absolute atomic E-state index is 13.3. The van der Waals surface area contributed by atoms with Crippen molar-refractivity contribution in [3.05, 3.63) is 77.9 Å². The minimum Gasteiger partial charge on any atom is -0.445 e. The molecule has 0 aromatic heterocycles. The quantitative estimate of drug-likeness (QED) is 0.0851. The van der Waals surface area contributed by atoms with E-state index in [0.29, 0.717) is 6.42 Å². The van der Waals surface area contributed by atoms with Crippen molar-refractivity contribution < 1.29 is 23.9 Å². The van der Waals surface area contributed by atoms with Gasteiger partial charge in [-0.05, 0) is 36.0 Å². The van der Waals surface area contributed by atoms with Gasteiger partial charge in [-0.2, -0.15) is 0 Å². The van der Waals surface area contributed by atoms with Crippen molar-refractivity contribution in [1.82, 2.24) is 20.9 Å². The Bertz CT molecular complexity index is 1230. The molecule has 0 saturated carbocycles. The molecule has 0 fully saturated rings. The Hall–Kier alpha value is -4.87. The van der Waals surface area contributed by atoms with Crippen LogP contribution in [0, 0.1) is 5.92 Å². The van der Waals surface area contributed by atoms with E-state index in [-0.39, 0.29) is 56.5 Å². The van der Waals surface area contributed by atoms with Gasteiger partial charge in [-0.3, -0.25) is 19.4 Å². The van der Waals surface area contributed by atoms with Crippen molar-refractivity contribution in [3.8, 4) is 0 Å². The molecule has 0 saturated heterocycles. The topological polar surface area (TPSA) is 181 Å². The normalized spacial score (nSPS) is 12.2. The van der Waals surface area contributed by atoms with Crippen LogP contribution in [0.25, 0.3) is 6.08 Å². The molecule has 232 valence electrons. The number of rotatable bonds is 16. The van der Waals surface area contributed by atoms with Crippen LogP contribution in [0.4, 0.5) is 4.79 Å². The number of likely N-dealkylation sites (N-methyl/N-ethyl adjacent to an activating group) is 1. The number of carbonyl (C=O) groups is 4. The maximum atomic E-state index is 13.3. The van der Waals surface area contributed by atoms with Crippen molar-refractivity contribution in [1.29, 1.82) is 0 Å². The Kier molecular flexibility index (Phi) is 14.8. The highest BCUT2D eigenvalue weighted by Gasteiger charge is 2.26. The van der Waals surface area contributed by atoms with Crippen molar-refractivity contribution in [2.75, 3.05) is 26.7 Å². The standard InChI is InChI=1S/C31H43N7O5/c1-22(2)26(19-35-27(39)17-16-23-11-6-4-7-12-23)36-28(40)20-38(3)29(41)25(15-10-18-34-30(32)33)37-31(42)43-21-24-13-8-5-9-14-24/h4-9,11-14,16-17,22,25-26H,10,15,18-21H2,1-3H3,(H,35,39)(H,36,40)(H,37,42)(H4,32,33,34)/t25-,26+/m0/s1. The molecule has 43 heavy (non-hydrogen) atoms. The van der Waals surface area contributed by atoms with Crippen LogP contribution in [0.5, 0.6) is 0 Å². The zero-order valence-electron chi connectivity index (χ0n) is 25.0. The third kappa shape index (κ3) is 14.0. The fourth-order valence-electron chi connectivity index (χ4n) is 3.94. The molecule has 0 radical (unpaired) electrons. The summed E-state index contributed by atoms with van der Waals surface area (Å²) in [6.45, 7) is 4.09. The summed E-state index contributed by atoms with van der Waals surface area (Å²) in [5, 5.41) is 8.29. The van der Waals surface area contributed by atoms with E-state index in [4.69, 9.17) is 16.2 Å². The molecule has 2 rings (SSSR count). The largest absolute Gasteiger partial charge is 0.445 e. The molecule has 12 nitrogen and oxygen atoms in total. The predicted molar refractivity (Wildman–Crippen MR) is 166 cm³/mol. The zero-order valence-corrected chi connectivity index (χ0v) is 25.0. The highest BCUT2D eigenvalue weighted by molar-refractivity contribution is 5.92. The molecule has 0 aliphatic rings. The third-order valence-electron chi connectivity index (χ3n) is 6.38. The predicted octanol–water partition coefficient (Wildman–Crippen LogP) is 1.76. The number of benzene rings is 2. The van der Waals surface area contributed by atoms with Crippen LogP contribution in [-0.4, -0.2) is 73.4 Å². The van der Waals surface area contributed by atoms with E-state index in [1.807, 2.05) is 74.5 Å². The number of nitrogens with zero attached hydrogens (tertiary/aromatic N) is 2. The maximum Gasteiger partial charge on any atom is 0.408 e. The van der Waals surface area contributed by atoms with Gasteiger partial charge in [-0.1, -0.05) is 74.5 Å². The fraction of sp³-hybridized carbons (Fsp3) is 0.387. The third-order valence-corrected chi connectivity index (χ3v) is 6.38. The second-order valence-electron chi connectivity index (χ2n) is 10.3.